The number of allylic oxidation sites excluding steroid dienone is 2. The Labute approximate surface area is 190 Å². The van der Waals surface area contributed by atoms with Crippen LogP contribution in [0.5, 0.6) is 0 Å². The van der Waals surface area contributed by atoms with Crippen LogP contribution in [0.2, 0.25) is 0 Å². The van der Waals surface area contributed by atoms with Gasteiger partial charge in [-0.25, -0.2) is 4.79 Å². The van der Waals surface area contributed by atoms with Gasteiger partial charge in [-0.15, -0.1) is 11.3 Å². The molecule has 6 heteroatoms. The van der Waals surface area contributed by atoms with Gasteiger partial charge in [-0.3, -0.25) is 0 Å². The molecule has 0 bridgehead atoms. The lowest BCUT2D eigenvalue weighted by atomic mass is 9.81. The number of thiophene rings is 1. The fourth-order valence-electron chi connectivity index (χ4n) is 4.37. The molecule has 0 aliphatic heterocycles. The van der Waals surface area contributed by atoms with Gasteiger partial charge in [0, 0.05) is 28.7 Å². The number of aliphatic hydroxyl groups is 3. The van der Waals surface area contributed by atoms with Crippen LogP contribution in [0.3, 0.4) is 0 Å². The second-order valence-corrected chi connectivity index (χ2v) is 9.95. The van der Waals surface area contributed by atoms with Crippen molar-refractivity contribution in [3.05, 3.63) is 45.4 Å². The molecule has 2 rings (SSSR count). The quantitative estimate of drug-likeness (QED) is 0.188. The maximum absolute atomic E-state index is 12.9. The smallest absolute Gasteiger partial charge is 0.334 e. The van der Waals surface area contributed by atoms with Crippen LogP contribution in [0.4, 0.5) is 0 Å². The van der Waals surface area contributed by atoms with Crippen LogP contribution in [-0.2, 0) is 9.53 Å². The van der Waals surface area contributed by atoms with E-state index in [1.165, 1.54) is 4.88 Å². The Balaban J connectivity index is 2.43. The zero-order valence-corrected chi connectivity index (χ0v) is 20.2. The van der Waals surface area contributed by atoms with Gasteiger partial charge in [-0.2, -0.15) is 0 Å². The highest BCUT2D eigenvalue weighted by Crippen LogP contribution is 2.46. The van der Waals surface area contributed by atoms with Crippen LogP contribution in [0.25, 0.3) is 0 Å². The third-order valence-electron chi connectivity index (χ3n) is 6.05. The number of esters is 1. The minimum atomic E-state index is -1.70. The summed E-state index contributed by atoms with van der Waals surface area (Å²) in [6.07, 6.45) is 5.91. The Morgan fingerprint density at radius 3 is 2.65 bits per heavy atom. The molecule has 1 fully saturated rings. The van der Waals surface area contributed by atoms with Crippen molar-refractivity contribution in [2.45, 2.75) is 96.9 Å². The molecule has 0 spiro atoms. The molecule has 4 atom stereocenters. The summed E-state index contributed by atoms with van der Waals surface area (Å²) in [4.78, 5) is 14.1. The van der Waals surface area contributed by atoms with Crippen molar-refractivity contribution in [2.75, 3.05) is 0 Å². The molecule has 1 aromatic rings. The Morgan fingerprint density at radius 2 is 2.10 bits per heavy atom. The highest BCUT2D eigenvalue weighted by atomic mass is 32.1. The van der Waals surface area contributed by atoms with Crippen molar-refractivity contribution in [3.63, 3.8) is 0 Å². The van der Waals surface area contributed by atoms with Gasteiger partial charge in [0.25, 0.3) is 0 Å². The average molecular weight is 451 g/mol. The molecular weight excluding hydrogens is 412 g/mol. The van der Waals surface area contributed by atoms with E-state index in [9.17, 15) is 20.1 Å². The standard InChI is InChI=1S/C25H38O5S/c1-6-8-9-10-21(24(28)30-16(3)4)22-14-19(26)15-25(22,29)23(27)13-18(7-2)20-11-12-31-17(20)5/h10-13,16,18-19,22,26-27,29H,6-9,14-15H2,1-5H3/b21-10?,23-13+/t18-,19+,22?,25+/m0/s1. The zero-order valence-electron chi connectivity index (χ0n) is 19.4. The van der Waals surface area contributed by atoms with Gasteiger partial charge in [-0.05, 0) is 63.1 Å². The van der Waals surface area contributed by atoms with Crippen LogP contribution >= 0.6 is 11.3 Å². The Hall–Kier alpha value is -1.63. The summed E-state index contributed by atoms with van der Waals surface area (Å²) in [6.45, 7) is 9.71. The minimum Gasteiger partial charge on any atom is -0.510 e. The minimum absolute atomic E-state index is 0.0148. The number of hydrogen-bond donors (Lipinski definition) is 3. The number of hydrogen-bond acceptors (Lipinski definition) is 6. The van der Waals surface area contributed by atoms with E-state index in [0.717, 1.165) is 24.8 Å². The van der Waals surface area contributed by atoms with Gasteiger partial charge < -0.3 is 20.1 Å². The van der Waals surface area contributed by atoms with Crippen molar-refractivity contribution in [2.24, 2.45) is 5.92 Å². The molecule has 0 saturated heterocycles. The molecule has 1 aliphatic carbocycles. The highest BCUT2D eigenvalue weighted by Gasteiger charge is 2.52. The first-order valence-electron chi connectivity index (χ1n) is 11.4. The highest BCUT2D eigenvalue weighted by molar-refractivity contribution is 7.10. The van der Waals surface area contributed by atoms with Crippen molar-refractivity contribution < 1.29 is 24.9 Å². The SMILES string of the molecule is CCCCC=C(C(=O)OC(C)C)C1C[C@@H](O)C[C@]1(O)/C(O)=C\[C@H](CC)c1ccsc1C. The molecule has 174 valence electrons. The van der Waals surface area contributed by atoms with Crippen molar-refractivity contribution >= 4 is 17.3 Å². The fraction of sp³-hybridized carbons (Fsp3) is 0.640. The predicted octanol–water partition coefficient (Wildman–Crippen LogP) is 5.56. The monoisotopic (exact) mass is 450 g/mol. The van der Waals surface area contributed by atoms with Crippen LogP contribution in [0.15, 0.2) is 34.9 Å². The largest absolute Gasteiger partial charge is 0.510 e. The summed E-state index contributed by atoms with van der Waals surface area (Å²) in [5, 5.41) is 35.1. The Bertz CT molecular complexity index is 794. The molecule has 3 N–H and O–H groups in total. The van der Waals surface area contributed by atoms with Crippen molar-refractivity contribution in [1.82, 2.24) is 0 Å². The third kappa shape index (κ3) is 6.21. The van der Waals surface area contributed by atoms with Gasteiger partial charge in [0.2, 0.25) is 0 Å². The summed E-state index contributed by atoms with van der Waals surface area (Å²) in [6, 6.07) is 2.04. The Kier molecular flexibility index (Phi) is 9.34. The van der Waals surface area contributed by atoms with Crippen LogP contribution in [-0.4, -0.2) is 39.1 Å². The first kappa shape index (κ1) is 25.6. The maximum atomic E-state index is 12.9. The van der Waals surface area contributed by atoms with Crippen molar-refractivity contribution in [3.8, 4) is 0 Å². The van der Waals surface area contributed by atoms with E-state index in [1.54, 1.807) is 31.3 Å². The molecular formula is C25H38O5S. The van der Waals surface area contributed by atoms with E-state index >= 15 is 0 Å². The van der Waals surface area contributed by atoms with Gasteiger partial charge in [0.1, 0.15) is 11.4 Å². The van der Waals surface area contributed by atoms with Gasteiger partial charge in [-0.1, -0.05) is 32.8 Å². The summed E-state index contributed by atoms with van der Waals surface area (Å²) >= 11 is 1.65. The summed E-state index contributed by atoms with van der Waals surface area (Å²) in [5.41, 5.74) is -0.234. The van der Waals surface area contributed by atoms with Gasteiger partial charge in [0.05, 0.1) is 12.2 Å². The summed E-state index contributed by atoms with van der Waals surface area (Å²) in [7, 11) is 0. The molecule has 1 aromatic heterocycles. The number of aliphatic hydroxyl groups excluding tert-OH is 2. The van der Waals surface area contributed by atoms with Crippen LogP contribution in [0.1, 0.15) is 82.6 Å². The molecule has 31 heavy (non-hydrogen) atoms. The second kappa shape index (κ2) is 11.3. The van der Waals surface area contributed by atoms with Gasteiger partial charge in [0.15, 0.2) is 0 Å². The molecule has 1 heterocycles. The van der Waals surface area contributed by atoms with E-state index in [2.05, 4.69) is 6.92 Å². The van der Waals surface area contributed by atoms with E-state index in [-0.39, 0.29) is 30.6 Å². The number of aryl methyl sites for hydroxylation is 1. The lowest BCUT2D eigenvalue weighted by Crippen LogP contribution is -2.39. The lowest BCUT2D eigenvalue weighted by Gasteiger charge is -2.31. The van der Waals surface area contributed by atoms with E-state index in [1.807, 2.05) is 31.4 Å². The molecule has 0 aromatic carbocycles. The lowest BCUT2D eigenvalue weighted by molar-refractivity contribution is -0.144. The predicted molar refractivity (Wildman–Crippen MR) is 125 cm³/mol. The number of carbonyl (C=O) groups is 1. The zero-order chi connectivity index (χ0) is 23.2. The molecule has 1 saturated carbocycles. The average Bonchev–Trinajstić information content (AvgIpc) is 3.25. The molecule has 1 unspecified atom stereocenters. The fourth-order valence-corrected chi connectivity index (χ4v) is 5.15. The topological polar surface area (TPSA) is 87.0 Å². The summed E-state index contributed by atoms with van der Waals surface area (Å²) in [5.74, 6) is -1.44. The summed E-state index contributed by atoms with van der Waals surface area (Å²) < 4.78 is 5.44. The number of carbonyl (C=O) groups excluding carboxylic acids is 1. The number of rotatable bonds is 10. The molecule has 0 radical (unpaired) electrons. The molecule has 5 nitrogen and oxygen atoms in total. The number of unbranched alkanes of at least 4 members (excludes halogenated alkanes) is 2. The number of ether oxygens (including phenoxy) is 1. The first-order chi connectivity index (χ1) is 14.6. The Morgan fingerprint density at radius 1 is 1.39 bits per heavy atom. The van der Waals surface area contributed by atoms with E-state index in [4.69, 9.17) is 4.74 Å². The van der Waals surface area contributed by atoms with Gasteiger partial charge >= 0.3 is 5.97 Å². The normalized spacial score (nSPS) is 25.8. The maximum Gasteiger partial charge on any atom is 0.334 e. The van der Waals surface area contributed by atoms with E-state index < -0.39 is 23.6 Å². The van der Waals surface area contributed by atoms with Crippen LogP contribution in [0, 0.1) is 12.8 Å². The van der Waals surface area contributed by atoms with Crippen LogP contribution < -0.4 is 0 Å². The third-order valence-corrected chi connectivity index (χ3v) is 6.91. The van der Waals surface area contributed by atoms with Crippen molar-refractivity contribution in [1.29, 1.82) is 0 Å². The second-order valence-electron chi connectivity index (χ2n) is 8.83. The molecule has 1 aliphatic rings. The first-order valence-corrected chi connectivity index (χ1v) is 12.3. The van der Waals surface area contributed by atoms with E-state index in [0.29, 0.717) is 12.0 Å². The molecule has 0 amide bonds.